The Morgan fingerprint density at radius 2 is 1.65 bits per heavy atom. The Balaban J connectivity index is 2.68. The van der Waals surface area contributed by atoms with Gasteiger partial charge in [0.05, 0.1) is 13.1 Å². The third kappa shape index (κ3) is 4.47. The summed E-state index contributed by atoms with van der Waals surface area (Å²) in [5.41, 5.74) is 0.0554. The summed E-state index contributed by atoms with van der Waals surface area (Å²) in [4.78, 5) is 27.6. The highest BCUT2D eigenvalue weighted by Crippen LogP contribution is 2.21. The lowest BCUT2D eigenvalue weighted by atomic mass is 9.86. The van der Waals surface area contributed by atoms with Crippen LogP contribution in [0.5, 0.6) is 0 Å². The molecule has 0 aromatic carbocycles. The number of hydrogen-bond donors (Lipinski definition) is 1. The molecule has 1 saturated heterocycles. The Morgan fingerprint density at radius 3 is 2.15 bits per heavy atom. The first-order chi connectivity index (χ1) is 9.29. The topological polar surface area (TPSA) is 52.7 Å². The van der Waals surface area contributed by atoms with Crippen molar-refractivity contribution in [3.8, 4) is 0 Å². The smallest absolute Gasteiger partial charge is 0.242 e. The number of likely N-dealkylation sites (N-methyl/N-ethyl adjacent to an activating group) is 1. The van der Waals surface area contributed by atoms with E-state index in [1.165, 1.54) is 0 Å². The van der Waals surface area contributed by atoms with E-state index < -0.39 is 0 Å². The summed E-state index contributed by atoms with van der Waals surface area (Å²) in [6.45, 7) is 13.1. The SMILES string of the molecule is CCCN1CC(=O)N(CC(NCC)C(C)(C)C)CC1=O. The molecular formula is C15H29N3O2. The van der Waals surface area contributed by atoms with Crippen LogP contribution in [0.1, 0.15) is 41.0 Å². The van der Waals surface area contributed by atoms with Gasteiger partial charge in [-0.2, -0.15) is 0 Å². The molecule has 1 atom stereocenters. The van der Waals surface area contributed by atoms with Gasteiger partial charge in [-0.1, -0.05) is 34.6 Å². The van der Waals surface area contributed by atoms with E-state index in [1.54, 1.807) is 9.80 Å². The van der Waals surface area contributed by atoms with Gasteiger partial charge in [0, 0.05) is 19.1 Å². The van der Waals surface area contributed by atoms with E-state index in [0.29, 0.717) is 13.1 Å². The quantitative estimate of drug-likeness (QED) is 0.794. The highest BCUT2D eigenvalue weighted by molar-refractivity contribution is 5.92. The van der Waals surface area contributed by atoms with E-state index >= 15 is 0 Å². The Morgan fingerprint density at radius 1 is 1.10 bits per heavy atom. The van der Waals surface area contributed by atoms with Crippen molar-refractivity contribution in [3.05, 3.63) is 0 Å². The molecule has 116 valence electrons. The fraction of sp³-hybridized carbons (Fsp3) is 0.867. The zero-order valence-corrected chi connectivity index (χ0v) is 13.5. The monoisotopic (exact) mass is 283 g/mol. The molecule has 1 fully saturated rings. The maximum atomic E-state index is 12.2. The van der Waals surface area contributed by atoms with E-state index in [9.17, 15) is 9.59 Å². The van der Waals surface area contributed by atoms with E-state index in [-0.39, 0.29) is 36.4 Å². The number of piperazine rings is 1. The number of nitrogens with zero attached hydrogens (tertiary/aromatic N) is 2. The summed E-state index contributed by atoms with van der Waals surface area (Å²) in [5, 5.41) is 3.42. The van der Waals surface area contributed by atoms with Crippen molar-refractivity contribution in [1.29, 1.82) is 0 Å². The molecule has 1 aliphatic heterocycles. The highest BCUT2D eigenvalue weighted by atomic mass is 16.2. The van der Waals surface area contributed by atoms with Crippen molar-refractivity contribution in [2.75, 3.05) is 32.7 Å². The summed E-state index contributed by atoms with van der Waals surface area (Å²) in [7, 11) is 0. The molecule has 5 nitrogen and oxygen atoms in total. The van der Waals surface area contributed by atoms with Gasteiger partial charge < -0.3 is 15.1 Å². The molecular weight excluding hydrogens is 254 g/mol. The van der Waals surface area contributed by atoms with Crippen LogP contribution >= 0.6 is 0 Å². The summed E-state index contributed by atoms with van der Waals surface area (Å²) in [6, 6.07) is 0.196. The van der Waals surface area contributed by atoms with Gasteiger partial charge in [-0.15, -0.1) is 0 Å². The molecule has 0 aromatic heterocycles. The molecule has 0 saturated carbocycles. The van der Waals surface area contributed by atoms with Gasteiger partial charge in [0.2, 0.25) is 11.8 Å². The van der Waals surface area contributed by atoms with Gasteiger partial charge in [0.15, 0.2) is 0 Å². The predicted octanol–water partition coefficient (Wildman–Crippen LogP) is 1.09. The van der Waals surface area contributed by atoms with Crippen LogP contribution in [0, 0.1) is 5.41 Å². The lowest BCUT2D eigenvalue weighted by Crippen LogP contribution is -2.58. The molecule has 0 aliphatic carbocycles. The second kappa shape index (κ2) is 7.07. The van der Waals surface area contributed by atoms with Crippen LogP contribution in [0.3, 0.4) is 0 Å². The number of nitrogens with one attached hydrogen (secondary N) is 1. The summed E-state index contributed by atoms with van der Waals surface area (Å²) in [6.07, 6.45) is 0.890. The molecule has 1 rings (SSSR count). The lowest BCUT2D eigenvalue weighted by molar-refractivity contribution is -0.150. The lowest BCUT2D eigenvalue weighted by Gasteiger charge is -2.39. The number of rotatable bonds is 6. The molecule has 1 heterocycles. The molecule has 1 aliphatic rings. The number of carbonyl (C=O) groups excluding carboxylic acids is 2. The maximum absolute atomic E-state index is 12.2. The van der Waals surface area contributed by atoms with Crippen LogP contribution in [0.2, 0.25) is 0 Å². The Kier molecular flexibility index (Phi) is 5.99. The molecule has 0 aromatic rings. The van der Waals surface area contributed by atoms with Gasteiger partial charge in [0.1, 0.15) is 0 Å². The fourth-order valence-electron chi connectivity index (χ4n) is 2.45. The molecule has 0 spiro atoms. The van der Waals surface area contributed by atoms with Crippen molar-refractivity contribution in [2.45, 2.75) is 47.1 Å². The molecule has 2 amide bonds. The standard InChI is InChI=1S/C15H29N3O2/c1-6-8-17-10-14(20)18(11-13(17)19)9-12(16-7-2)15(3,4)5/h12,16H,6-11H2,1-5H3. The highest BCUT2D eigenvalue weighted by Gasteiger charge is 2.33. The van der Waals surface area contributed by atoms with Crippen LogP contribution < -0.4 is 5.32 Å². The molecule has 1 N–H and O–H groups in total. The van der Waals surface area contributed by atoms with Gasteiger partial charge >= 0.3 is 0 Å². The van der Waals surface area contributed by atoms with E-state index in [0.717, 1.165) is 13.0 Å². The Labute approximate surface area is 122 Å². The average Bonchev–Trinajstić information content (AvgIpc) is 2.33. The summed E-state index contributed by atoms with van der Waals surface area (Å²) >= 11 is 0. The molecule has 0 bridgehead atoms. The summed E-state index contributed by atoms with van der Waals surface area (Å²) < 4.78 is 0. The zero-order chi connectivity index (χ0) is 15.3. The fourth-order valence-corrected chi connectivity index (χ4v) is 2.45. The van der Waals surface area contributed by atoms with Crippen LogP contribution in [0.4, 0.5) is 0 Å². The third-order valence-corrected chi connectivity index (χ3v) is 3.75. The van der Waals surface area contributed by atoms with Crippen molar-refractivity contribution < 1.29 is 9.59 Å². The molecule has 0 radical (unpaired) electrons. The van der Waals surface area contributed by atoms with Crippen LogP contribution in [-0.2, 0) is 9.59 Å². The first kappa shape index (κ1) is 17.0. The van der Waals surface area contributed by atoms with Crippen LogP contribution in [0.15, 0.2) is 0 Å². The van der Waals surface area contributed by atoms with Gasteiger partial charge in [-0.25, -0.2) is 0 Å². The third-order valence-electron chi connectivity index (χ3n) is 3.75. The Hall–Kier alpha value is -1.10. The van der Waals surface area contributed by atoms with E-state index in [2.05, 4.69) is 33.0 Å². The minimum absolute atomic E-state index is 0.0554. The normalized spacial score (nSPS) is 18.6. The maximum Gasteiger partial charge on any atom is 0.242 e. The largest absolute Gasteiger partial charge is 0.332 e. The summed E-state index contributed by atoms with van der Waals surface area (Å²) in [5.74, 6) is 0.126. The van der Waals surface area contributed by atoms with Gasteiger partial charge in [-0.3, -0.25) is 9.59 Å². The first-order valence-electron chi connectivity index (χ1n) is 7.58. The van der Waals surface area contributed by atoms with Crippen molar-refractivity contribution >= 4 is 11.8 Å². The minimum Gasteiger partial charge on any atom is -0.332 e. The average molecular weight is 283 g/mol. The second-order valence-corrected chi connectivity index (χ2v) is 6.57. The van der Waals surface area contributed by atoms with Crippen molar-refractivity contribution in [3.63, 3.8) is 0 Å². The number of amides is 2. The molecule has 1 unspecified atom stereocenters. The van der Waals surface area contributed by atoms with Crippen molar-refractivity contribution in [1.82, 2.24) is 15.1 Å². The molecule has 5 heteroatoms. The van der Waals surface area contributed by atoms with Gasteiger partial charge in [-0.05, 0) is 18.4 Å². The Bertz CT molecular complexity index is 350. The van der Waals surface area contributed by atoms with Crippen LogP contribution in [0.25, 0.3) is 0 Å². The second-order valence-electron chi connectivity index (χ2n) is 6.57. The van der Waals surface area contributed by atoms with E-state index in [1.807, 2.05) is 6.92 Å². The van der Waals surface area contributed by atoms with Crippen LogP contribution in [-0.4, -0.2) is 60.4 Å². The van der Waals surface area contributed by atoms with E-state index in [4.69, 9.17) is 0 Å². The zero-order valence-electron chi connectivity index (χ0n) is 13.5. The number of hydrogen-bond acceptors (Lipinski definition) is 3. The number of carbonyl (C=O) groups is 2. The van der Waals surface area contributed by atoms with Crippen molar-refractivity contribution in [2.24, 2.45) is 5.41 Å². The predicted molar refractivity (Wildman–Crippen MR) is 80.4 cm³/mol. The first-order valence-corrected chi connectivity index (χ1v) is 7.58. The molecule has 20 heavy (non-hydrogen) atoms. The van der Waals surface area contributed by atoms with Gasteiger partial charge in [0.25, 0.3) is 0 Å². The minimum atomic E-state index is 0.0554.